The smallest absolute Gasteiger partial charge is 0.165 e. The number of alkyl halides is 1. The lowest BCUT2D eigenvalue weighted by Gasteiger charge is -2.11. The van der Waals surface area contributed by atoms with Gasteiger partial charge in [-0.25, -0.2) is 14.4 Å². The predicted molar refractivity (Wildman–Crippen MR) is 82.8 cm³/mol. The lowest BCUT2D eigenvalue weighted by molar-refractivity contribution is 0.616. The van der Waals surface area contributed by atoms with Crippen LogP contribution < -0.4 is 0 Å². The van der Waals surface area contributed by atoms with Crippen molar-refractivity contribution in [3.8, 4) is 5.69 Å². The average Bonchev–Trinajstić information content (AvgIpc) is 2.80. The summed E-state index contributed by atoms with van der Waals surface area (Å²) in [7, 11) is 0. The molecule has 21 heavy (non-hydrogen) atoms. The number of aromatic nitrogens is 3. The van der Waals surface area contributed by atoms with Crippen LogP contribution in [-0.4, -0.2) is 14.5 Å². The third-order valence-corrected chi connectivity index (χ3v) is 3.60. The largest absolute Gasteiger partial charge is 0.276 e. The first-order chi connectivity index (χ1) is 9.97. The number of aryl methyl sites for hydroxylation is 1. The highest BCUT2D eigenvalue weighted by molar-refractivity contribution is 6.30. The summed E-state index contributed by atoms with van der Waals surface area (Å²) in [4.78, 5) is 8.92. The molecule has 0 fully saturated rings. The van der Waals surface area contributed by atoms with Crippen LogP contribution in [0.3, 0.4) is 0 Å². The van der Waals surface area contributed by atoms with Crippen molar-refractivity contribution in [3.63, 3.8) is 0 Å². The quantitative estimate of drug-likeness (QED) is 0.633. The lowest BCUT2D eigenvalue weighted by Crippen LogP contribution is -2.05. The van der Waals surface area contributed by atoms with Gasteiger partial charge in [0.1, 0.15) is 17.2 Å². The molecule has 0 N–H and O–H groups in total. The summed E-state index contributed by atoms with van der Waals surface area (Å²) in [6.07, 6.45) is 0. The Morgan fingerprint density at radius 2 is 1.95 bits per heavy atom. The zero-order valence-corrected chi connectivity index (χ0v) is 13.0. The molecule has 0 aliphatic heterocycles. The Balaban J connectivity index is 2.41. The number of benzene rings is 1. The maximum absolute atomic E-state index is 14.2. The molecule has 0 spiro atoms. The van der Waals surface area contributed by atoms with E-state index in [9.17, 15) is 4.39 Å². The van der Waals surface area contributed by atoms with Crippen molar-refractivity contribution in [3.05, 3.63) is 52.7 Å². The van der Waals surface area contributed by atoms with Crippen LogP contribution in [-0.2, 0) is 0 Å². The summed E-state index contributed by atoms with van der Waals surface area (Å²) in [5.41, 5.74) is 2.35. The number of hydrogen-bond donors (Lipinski definition) is 0. The van der Waals surface area contributed by atoms with E-state index in [1.54, 1.807) is 17.6 Å². The molecule has 3 nitrogen and oxygen atoms in total. The second-order valence-electron chi connectivity index (χ2n) is 4.81. The van der Waals surface area contributed by atoms with Crippen LogP contribution in [0.2, 0.25) is 5.02 Å². The maximum Gasteiger partial charge on any atom is 0.165 e. The van der Waals surface area contributed by atoms with Gasteiger partial charge >= 0.3 is 0 Å². The van der Waals surface area contributed by atoms with E-state index in [2.05, 4.69) is 9.97 Å². The van der Waals surface area contributed by atoms with Crippen molar-refractivity contribution < 1.29 is 4.39 Å². The molecule has 3 rings (SSSR count). The van der Waals surface area contributed by atoms with Gasteiger partial charge in [0.05, 0.1) is 11.1 Å². The summed E-state index contributed by atoms with van der Waals surface area (Å²) in [6.45, 7) is 3.66. The fourth-order valence-electron chi connectivity index (χ4n) is 2.23. The van der Waals surface area contributed by atoms with Gasteiger partial charge in [-0.15, -0.1) is 11.6 Å². The standard InChI is InChI=1S/C15H12Cl2FN3/c1-8-3-6-12-15(19-8)21(14(20-12)9(2)16)13-7-10(17)4-5-11(13)18/h3-7,9H,1-2H3. The number of rotatable bonds is 2. The van der Waals surface area contributed by atoms with Crippen molar-refractivity contribution in [2.24, 2.45) is 0 Å². The second kappa shape index (κ2) is 5.28. The van der Waals surface area contributed by atoms with E-state index in [-0.39, 0.29) is 0 Å². The van der Waals surface area contributed by atoms with Crippen LogP contribution >= 0.6 is 23.2 Å². The summed E-state index contributed by atoms with van der Waals surface area (Å²) in [5.74, 6) is 0.131. The van der Waals surface area contributed by atoms with Gasteiger partial charge in [0.25, 0.3) is 0 Å². The third kappa shape index (κ3) is 2.49. The molecule has 2 heterocycles. The molecule has 0 saturated heterocycles. The molecule has 0 bridgehead atoms. The first-order valence-corrected chi connectivity index (χ1v) is 7.24. The molecule has 3 aromatic rings. The predicted octanol–water partition coefficient (Wildman–Crippen LogP) is 4.82. The van der Waals surface area contributed by atoms with E-state index in [4.69, 9.17) is 23.2 Å². The Kier molecular flexibility index (Phi) is 3.59. The minimum absolute atomic E-state index is 0.297. The number of halogens is 3. The minimum atomic E-state index is -0.402. The van der Waals surface area contributed by atoms with Crippen molar-refractivity contribution >= 4 is 34.4 Å². The SMILES string of the molecule is Cc1ccc2nc(C(C)Cl)n(-c3cc(Cl)ccc3F)c2n1. The molecule has 1 atom stereocenters. The number of pyridine rings is 1. The monoisotopic (exact) mass is 323 g/mol. The molecule has 1 unspecified atom stereocenters. The topological polar surface area (TPSA) is 30.7 Å². The molecule has 0 saturated carbocycles. The third-order valence-electron chi connectivity index (χ3n) is 3.17. The molecule has 6 heteroatoms. The summed E-state index contributed by atoms with van der Waals surface area (Å²) >= 11 is 12.2. The van der Waals surface area contributed by atoms with Crippen LogP contribution in [0, 0.1) is 12.7 Å². The van der Waals surface area contributed by atoms with Gasteiger partial charge in [-0.3, -0.25) is 4.57 Å². The van der Waals surface area contributed by atoms with E-state index in [0.29, 0.717) is 27.7 Å². The normalized spacial score (nSPS) is 12.8. The van der Waals surface area contributed by atoms with Gasteiger partial charge in [0, 0.05) is 10.7 Å². The number of imidazole rings is 1. The van der Waals surface area contributed by atoms with E-state index in [1.807, 2.05) is 19.1 Å². The van der Waals surface area contributed by atoms with E-state index in [1.165, 1.54) is 12.1 Å². The van der Waals surface area contributed by atoms with Crippen molar-refractivity contribution in [1.29, 1.82) is 0 Å². The minimum Gasteiger partial charge on any atom is -0.276 e. The molecular formula is C15H12Cl2FN3. The zero-order chi connectivity index (χ0) is 15.1. The highest BCUT2D eigenvalue weighted by Crippen LogP contribution is 2.29. The van der Waals surface area contributed by atoms with Gasteiger partial charge in [-0.1, -0.05) is 11.6 Å². The van der Waals surface area contributed by atoms with Gasteiger partial charge in [0.15, 0.2) is 5.65 Å². The maximum atomic E-state index is 14.2. The molecule has 0 aliphatic carbocycles. The Labute approximate surface area is 131 Å². The molecule has 0 amide bonds. The van der Waals surface area contributed by atoms with Gasteiger partial charge in [-0.2, -0.15) is 0 Å². The molecule has 1 aromatic carbocycles. The van der Waals surface area contributed by atoms with Crippen molar-refractivity contribution in [1.82, 2.24) is 14.5 Å². The highest BCUT2D eigenvalue weighted by atomic mass is 35.5. The first kappa shape index (κ1) is 14.3. The van der Waals surface area contributed by atoms with Crippen LogP contribution in [0.5, 0.6) is 0 Å². The number of hydrogen-bond acceptors (Lipinski definition) is 2. The Bertz CT molecular complexity index is 827. The summed E-state index contributed by atoms with van der Waals surface area (Å²) in [6, 6.07) is 8.07. The van der Waals surface area contributed by atoms with Gasteiger partial charge in [0.2, 0.25) is 0 Å². The molecule has 0 radical (unpaired) electrons. The molecular weight excluding hydrogens is 312 g/mol. The fraction of sp³-hybridized carbons (Fsp3) is 0.200. The number of fused-ring (bicyclic) bond motifs is 1. The van der Waals surface area contributed by atoms with E-state index in [0.717, 1.165) is 5.69 Å². The zero-order valence-electron chi connectivity index (χ0n) is 11.4. The van der Waals surface area contributed by atoms with Gasteiger partial charge in [-0.05, 0) is 44.2 Å². The average molecular weight is 324 g/mol. The van der Waals surface area contributed by atoms with Crippen molar-refractivity contribution in [2.75, 3.05) is 0 Å². The first-order valence-electron chi connectivity index (χ1n) is 6.43. The molecule has 0 aliphatic rings. The fourth-order valence-corrected chi connectivity index (χ4v) is 2.54. The van der Waals surface area contributed by atoms with Crippen LogP contribution in [0.15, 0.2) is 30.3 Å². The van der Waals surface area contributed by atoms with Crippen LogP contribution in [0.25, 0.3) is 16.9 Å². The second-order valence-corrected chi connectivity index (χ2v) is 5.90. The highest BCUT2D eigenvalue weighted by Gasteiger charge is 2.20. The van der Waals surface area contributed by atoms with Crippen LogP contribution in [0.1, 0.15) is 23.8 Å². The van der Waals surface area contributed by atoms with E-state index < -0.39 is 11.2 Å². The Morgan fingerprint density at radius 3 is 2.67 bits per heavy atom. The Morgan fingerprint density at radius 1 is 1.19 bits per heavy atom. The summed E-state index contributed by atoms with van der Waals surface area (Å²) in [5, 5.41) is 0.0481. The lowest BCUT2D eigenvalue weighted by atomic mass is 10.3. The van der Waals surface area contributed by atoms with E-state index >= 15 is 0 Å². The van der Waals surface area contributed by atoms with Gasteiger partial charge < -0.3 is 0 Å². The number of nitrogens with zero attached hydrogens (tertiary/aromatic N) is 3. The Hall–Kier alpha value is -1.65. The molecule has 2 aromatic heterocycles. The van der Waals surface area contributed by atoms with Crippen molar-refractivity contribution in [2.45, 2.75) is 19.2 Å². The summed E-state index contributed by atoms with van der Waals surface area (Å²) < 4.78 is 15.9. The molecule has 108 valence electrons. The van der Waals surface area contributed by atoms with Crippen LogP contribution in [0.4, 0.5) is 4.39 Å².